The third-order valence-electron chi connectivity index (χ3n) is 2.61. The largest absolute Gasteiger partial charge is 0.314 e. The topological polar surface area (TPSA) is 15.3 Å². The molecular weight excluding hydrogens is 174 g/mol. The highest BCUT2D eigenvalue weighted by Gasteiger charge is 2.31. The Kier molecular flexibility index (Phi) is 3.62. The molecule has 0 radical (unpaired) electrons. The smallest absolute Gasteiger partial charge is 0.249 e. The van der Waals surface area contributed by atoms with Gasteiger partial charge in [-0.3, -0.25) is 0 Å². The second-order valence-electron chi connectivity index (χ2n) is 3.91. The van der Waals surface area contributed by atoms with Gasteiger partial charge in [0.25, 0.3) is 0 Å². The summed E-state index contributed by atoms with van der Waals surface area (Å²) in [5, 5.41) is 3.20. The van der Waals surface area contributed by atoms with Crippen LogP contribution in [-0.2, 0) is 0 Å². The molecule has 1 heterocycles. The minimum atomic E-state index is -2.55. The van der Waals surface area contributed by atoms with E-state index in [-0.39, 0.29) is 0 Å². The molecule has 0 aromatic carbocycles. The minimum absolute atomic E-state index is 0.505. The van der Waals surface area contributed by atoms with Crippen molar-refractivity contribution in [3.05, 3.63) is 0 Å². The van der Waals surface area contributed by atoms with E-state index in [1.165, 1.54) is 0 Å². The molecule has 2 nitrogen and oxygen atoms in total. The van der Waals surface area contributed by atoms with Gasteiger partial charge in [0.15, 0.2) is 0 Å². The highest BCUT2D eigenvalue weighted by atomic mass is 19.3. The van der Waals surface area contributed by atoms with Crippen LogP contribution in [-0.4, -0.2) is 43.5 Å². The van der Waals surface area contributed by atoms with Gasteiger partial charge in [-0.15, -0.1) is 0 Å². The molecule has 78 valence electrons. The van der Waals surface area contributed by atoms with Crippen LogP contribution in [0.4, 0.5) is 8.78 Å². The van der Waals surface area contributed by atoms with Crippen LogP contribution < -0.4 is 5.32 Å². The predicted octanol–water partition coefficient (Wildman–Crippen LogP) is 1.18. The quantitative estimate of drug-likeness (QED) is 0.722. The summed E-state index contributed by atoms with van der Waals surface area (Å²) >= 11 is 0. The minimum Gasteiger partial charge on any atom is -0.314 e. The molecule has 1 saturated heterocycles. The van der Waals surface area contributed by atoms with E-state index in [4.69, 9.17) is 0 Å². The summed E-state index contributed by atoms with van der Waals surface area (Å²) in [5.74, 6) is -3.10. The first-order chi connectivity index (χ1) is 6.00. The molecular formula is C9H18F2N2. The van der Waals surface area contributed by atoms with Crippen molar-refractivity contribution >= 4 is 0 Å². The molecule has 1 N–H and O–H groups in total. The summed E-state index contributed by atoms with van der Waals surface area (Å²) < 4.78 is 25.7. The summed E-state index contributed by atoms with van der Waals surface area (Å²) in [6.45, 7) is 6.73. The molecule has 1 unspecified atom stereocenters. The van der Waals surface area contributed by atoms with E-state index in [1.807, 2.05) is 0 Å². The molecule has 1 aliphatic rings. The Hall–Kier alpha value is -0.220. The summed E-state index contributed by atoms with van der Waals surface area (Å²) in [6.07, 6.45) is 0. The lowest BCUT2D eigenvalue weighted by atomic mass is 10.0. The molecule has 0 amide bonds. The summed E-state index contributed by atoms with van der Waals surface area (Å²) in [5.41, 5.74) is 0. The van der Waals surface area contributed by atoms with Crippen molar-refractivity contribution in [1.82, 2.24) is 10.2 Å². The number of piperazine rings is 1. The number of nitrogens with one attached hydrogen (secondary N) is 1. The average molecular weight is 192 g/mol. The van der Waals surface area contributed by atoms with Gasteiger partial charge in [-0.25, -0.2) is 8.78 Å². The van der Waals surface area contributed by atoms with Crippen LogP contribution in [0.3, 0.4) is 0 Å². The number of hydrogen-bond donors (Lipinski definition) is 1. The van der Waals surface area contributed by atoms with E-state index in [0.29, 0.717) is 6.54 Å². The summed E-state index contributed by atoms with van der Waals surface area (Å²) in [7, 11) is 0. The van der Waals surface area contributed by atoms with Crippen LogP contribution in [0.15, 0.2) is 0 Å². The van der Waals surface area contributed by atoms with Gasteiger partial charge in [0.2, 0.25) is 5.92 Å². The average Bonchev–Trinajstić information content (AvgIpc) is 2.04. The van der Waals surface area contributed by atoms with Crippen molar-refractivity contribution < 1.29 is 8.78 Å². The third kappa shape index (κ3) is 3.56. The first-order valence-electron chi connectivity index (χ1n) is 4.81. The second-order valence-corrected chi connectivity index (χ2v) is 3.91. The molecule has 0 saturated carbocycles. The molecule has 13 heavy (non-hydrogen) atoms. The van der Waals surface area contributed by atoms with Crippen molar-refractivity contribution in [2.45, 2.75) is 19.8 Å². The molecule has 1 fully saturated rings. The molecule has 0 spiro atoms. The van der Waals surface area contributed by atoms with Crippen LogP contribution in [0.5, 0.6) is 0 Å². The van der Waals surface area contributed by atoms with Gasteiger partial charge in [0.05, 0.1) is 0 Å². The molecule has 0 aromatic heterocycles. The van der Waals surface area contributed by atoms with Crippen molar-refractivity contribution in [2.75, 3.05) is 32.7 Å². The predicted molar refractivity (Wildman–Crippen MR) is 49.1 cm³/mol. The first-order valence-corrected chi connectivity index (χ1v) is 4.81. The van der Waals surface area contributed by atoms with Crippen molar-refractivity contribution in [3.8, 4) is 0 Å². The zero-order chi connectivity index (χ0) is 9.90. The van der Waals surface area contributed by atoms with Gasteiger partial charge in [0, 0.05) is 38.6 Å². The van der Waals surface area contributed by atoms with Crippen LogP contribution in [0, 0.1) is 5.92 Å². The Morgan fingerprint density at radius 2 is 1.92 bits per heavy atom. The zero-order valence-electron chi connectivity index (χ0n) is 8.32. The Bertz CT molecular complexity index is 150. The van der Waals surface area contributed by atoms with E-state index in [1.54, 1.807) is 6.92 Å². The van der Waals surface area contributed by atoms with E-state index in [9.17, 15) is 8.78 Å². The van der Waals surface area contributed by atoms with Gasteiger partial charge in [0.1, 0.15) is 0 Å². The van der Waals surface area contributed by atoms with Gasteiger partial charge < -0.3 is 10.2 Å². The number of rotatable bonds is 3. The van der Waals surface area contributed by atoms with Gasteiger partial charge in [-0.1, -0.05) is 6.92 Å². The normalized spacial score (nSPS) is 23.1. The van der Waals surface area contributed by atoms with Crippen molar-refractivity contribution in [1.29, 1.82) is 0 Å². The SMILES string of the molecule is CC(CN1CCNCC1)C(C)(F)F. The number of hydrogen-bond acceptors (Lipinski definition) is 2. The lowest BCUT2D eigenvalue weighted by Gasteiger charge is -2.31. The fraction of sp³-hybridized carbons (Fsp3) is 1.00. The highest BCUT2D eigenvalue weighted by Crippen LogP contribution is 2.23. The molecule has 1 atom stereocenters. The second kappa shape index (κ2) is 4.33. The van der Waals surface area contributed by atoms with E-state index in [0.717, 1.165) is 33.1 Å². The van der Waals surface area contributed by atoms with Gasteiger partial charge in [-0.2, -0.15) is 0 Å². The molecule has 4 heteroatoms. The van der Waals surface area contributed by atoms with Gasteiger partial charge >= 0.3 is 0 Å². The lowest BCUT2D eigenvalue weighted by Crippen LogP contribution is -2.46. The summed E-state index contributed by atoms with van der Waals surface area (Å²) in [4.78, 5) is 2.10. The fourth-order valence-electron chi connectivity index (χ4n) is 1.44. The highest BCUT2D eigenvalue weighted by molar-refractivity contribution is 4.75. The van der Waals surface area contributed by atoms with E-state index < -0.39 is 11.8 Å². The standard InChI is InChI=1S/C9H18F2N2/c1-8(9(2,10)11)7-13-5-3-12-4-6-13/h8,12H,3-7H2,1-2H3. The number of nitrogens with zero attached hydrogens (tertiary/aromatic N) is 1. The maximum atomic E-state index is 12.8. The maximum Gasteiger partial charge on any atom is 0.249 e. The number of halogens is 2. The monoisotopic (exact) mass is 192 g/mol. The fourth-order valence-corrected chi connectivity index (χ4v) is 1.44. The van der Waals surface area contributed by atoms with Crippen LogP contribution >= 0.6 is 0 Å². The van der Waals surface area contributed by atoms with Crippen LogP contribution in [0.25, 0.3) is 0 Å². The van der Waals surface area contributed by atoms with Crippen molar-refractivity contribution in [2.24, 2.45) is 5.92 Å². The zero-order valence-corrected chi connectivity index (χ0v) is 8.32. The van der Waals surface area contributed by atoms with Crippen molar-refractivity contribution in [3.63, 3.8) is 0 Å². The van der Waals surface area contributed by atoms with E-state index in [2.05, 4.69) is 10.2 Å². The molecule has 1 aliphatic heterocycles. The Balaban J connectivity index is 2.30. The first kappa shape index (κ1) is 10.9. The molecule has 0 aliphatic carbocycles. The Labute approximate surface area is 78.3 Å². The van der Waals surface area contributed by atoms with Crippen LogP contribution in [0.2, 0.25) is 0 Å². The Morgan fingerprint density at radius 1 is 1.38 bits per heavy atom. The van der Waals surface area contributed by atoms with Crippen LogP contribution in [0.1, 0.15) is 13.8 Å². The molecule has 0 bridgehead atoms. The van der Waals surface area contributed by atoms with Gasteiger partial charge in [-0.05, 0) is 6.92 Å². The lowest BCUT2D eigenvalue weighted by molar-refractivity contribution is -0.0448. The molecule has 1 rings (SSSR count). The third-order valence-corrected chi connectivity index (χ3v) is 2.61. The summed E-state index contributed by atoms with van der Waals surface area (Å²) in [6, 6.07) is 0. The van der Waals surface area contributed by atoms with E-state index >= 15 is 0 Å². The number of alkyl halides is 2. The molecule has 0 aromatic rings. The maximum absolute atomic E-state index is 12.8. The Morgan fingerprint density at radius 3 is 2.38 bits per heavy atom.